The van der Waals surface area contributed by atoms with E-state index in [-0.39, 0.29) is 0 Å². The van der Waals surface area contributed by atoms with Gasteiger partial charge >= 0.3 is 0 Å². The van der Waals surface area contributed by atoms with Crippen LogP contribution in [-0.2, 0) is 0 Å². The van der Waals surface area contributed by atoms with Crippen LogP contribution >= 0.6 is 11.8 Å². The molecule has 18 heavy (non-hydrogen) atoms. The van der Waals surface area contributed by atoms with Crippen LogP contribution in [0.2, 0.25) is 0 Å². The van der Waals surface area contributed by atoms with Crippen molar-refractivity contribution in [3.63, 3.8) is 0 Å². The third kappa shape index (κ3) is 3.18. The van der Waals surface area contributed by atoms with Crippen molar-refractivity contribution in [3.05, 3.63) is 51.8 Å². The largest absolute Gasteiger partial charge is 0.497 e. The van der Waals surface area contributed by atoms with E-state index in [1.54, 1.807) is 18.9 Å². The first-order valence-corrected chi connectivity index (χ1v) is 6.93. The van der Waals surface area contributed by atoms with Gasteiger partial charge in [-0.15, -0.1) is 0 Å². The summed E-state index contributed by atoms with van der Waals surface area (Å²) >= 11 is 1.62. The van der Waals surface area contributed by atoms with Crippen LogP contribution < -0.4 is 4.74 Å². The maximum absolute atomic E-state index is 10.4. The van der Waals surface area contributed by atoms with Crippen molar-refractivity contribution >= 4 is 11.8 Å². The monoisotopic (exact) mass is 262 g/mol. The van der Waals surface area contributed by atoms with E-state index in [1.807, 2.05) is 24.3 Å². The molecule has 2 nitrogen and oxygen atoms in total. The van der Waals surface area contributed by atoms with Crippen molar-refractivity contribution in [1.82, 2.24) is 0 Å². The number of benzene rings is 1. The molecule has 0 spiro atoms. The van der Waals surface area contributed by atoms with E-state index < -0.39 is 6.10 Å². The van der Waals surface area contributed by atoms with Gasteiger partial charge in [-0.3, -0.25) is 0 Å². The Balaban J connectivity index is 2.19. The van der Waals surface area contributed by atoms with Crippen LogP contribution in [0.5, 0.6) is 5.75 Å². The summed E-state index contributed by atoms with van der Waals surface area (Å²) in [6.07, 6.45) is 3.63. The van der Waals surface area contributed by atoms with Crippen molar-refractivity contribution in [3.8, 4) is 5.75 Å². The van der Waals surface area contributed by atoms with E-state index in [4.69, 9.17) is 4.74 Å². The van der Waals surface area contributed by atoms with Gasteiger partial charge in [0.15, 0.2) is 0 Å². The maximum Gasteiger partial charge on any atom is 0.119 e. The van der Waals surface area contributed by atoms with E-state index in [9.17, 15) is 5.11 Å². The lowest BCUT2D eigenvalue weighted by Gasteiger charge is -2.14. The van der Waals surface area contributed by atoms with Gasteiger partial charge in [0.2, 0.25) is 0 Å². The molecule has 1 aromatic rings. The van der Waals surface area contributed by atoms with Crippen molar-refractivity contribution in [2.24, 2.45) is 0 Å². The summed E-state index contributed by atoms with van der Waals surface area (Å²) in [4.78, 5) is 1.00. The number of aliphatic hydroxyl groups excluding tert-OH is 1. The Morgan fingerprint density at radius 2 is 2.22 bits per heavy atom. The fraction of sp³-hybridized carbons (Fsp3) is 0.333. The van der Waals surface area contributed by atoms with Gasteiger partial charge in [0, 0.05) is 4.91 Å². The van der Waals surface area contributed by atoms with Crippen LogP contribution in [0.15, 0.2) is 46.2 Å². The zero-order valence-corrected chi connectivity index (χ0v) is 11.5. The van der Waals surface area contributed by atoms with Gasteiger partial charge in [-0.05, 0) is 42.9 Å². The molecule has 0 saturated carbocycles. The van der Waals surface area contributed by atoms with Gasteiger partial charge in [0.25, 0.3) is 0 Å². The molecule has 96 valence electrons. The zero-order chi connectivity index (χ0) is 13.0. The Morgan fingerprint density at radius 3 is 3.00 bits per heavy atom. The summed E-state index contributed by atoms with van der Waals surface area (Å²) in [6, 6.07) is 7.60. The van der Waals surface area contributed by atoms with Crippen LogP contribution in [0.4, 0.5) is 0 Å². The summed E-state index contributed by atoms with van der Waals surface area (Å²) in [7, 11) is 1.64. The SMILES string of the molecule is COc1cccc(C(O)C2=CCCC(C)=CS2)c1. The lowest BCUT2D eigenvalue weighted by atomic mass is 10.1. The normalized spacial score (nSPS) is 17.5. The quantitative estimate of drug-likeness (QED) is 0.891. The zero-order valence-electron chi connectivity index (χ0n) is 10.7. The van der Waals surface area contributed by atoms with E-state index in [2.05, 4.69) is 18.4 Å². The third-order valence-electron chi connectivity index (χ3n) is 2.96. The molecule has 2 rings (SSSR count). The van der Waals surface area contributed by atoms with Crippen molar-refractivity contribution < 1.29 is 9.84 Å². The molecule has 1 unspecified atom stereocenters. The summed E-state index contributed by atoms with van der Waals surface area (Å²) < 4.78 is 5.18. The molecular weight excluding hydrogens is 244 g/mol. The minimum Gasteiger partial charge on any atom is -0.497 e. The number of rotatable bonds is 3. The molecule has 0 radical (unpaired) electrons. The molecule has 1 heterocycles. The van der Waals surface area contributed by atoms with Gasteiger partial charge in [-0.2, -0.15) is 0 Å². The predicted octanol–water partition coefficient (Wildman–Crippen LogP) is 4.04. The number of hydrogen-bond acceptors (Lipinski definition) is 3. The molecule has 0 aromatic heterocycles. The summed E-state index contributed by atoms with van der Waals surface area (Å²) in [5, 5.41) is 12.5. The average Bonchev–Trinajstić information content (AvgIpc) is 2.63. The van der Waals surface area contributed by atoms with Gasteiger partial charge in [-0.1, -0.05) is 35.5 Å². The van der Waals surface area contributed by atoms with Gasteiger partial charge in [0.1, 0.15) is 11.9 Å². The molecule has 0 aliphatic carbocycles. The lowest BCUT2D eigenvalue weighted by Crippen LogP contribution is -1.99. The first-order valence-electron chi connectivity index (χ1n) is 6.05. The summed E-state index contributed by atoms with van der Waals surface area (Å²) in [5.41, 5.74) is 2.24. The highest BCUT2D eigenvalue weighted by Crippen LogP contribution is 2.36. The van der Waals surface area contributed by atoms with Gasteiger partial charge < -0.3 is 9.84 Å². The molecule has 0 bridgehead atoms. The summed E-state index contributed by atoms with van der Waals surface area (Å²) in [6.45, 7) is 2.13. The van der Waals surface area contributed by atoms with Crippen LogP contribution in [0, 0.1) is 0 Å². The molecule has 0 amide bonds. The standard InChI is InChI=1S/C15H18O2S/c1-11-5-3-8-14(18-10-11)15(16)12-6-4-7-13(9-12)17-2/h4,6-10,15-16H,3,5H2,1-2H3. The Kier molecular flexibility index (Phi) is 4.50. The van der Waals surface area contributed by atoms with Crippen molar-refractivity contribution in [1.29, 1.82) is 0 Å². The third-order valence-corrected chi connectivity index (χ3v) is 4.14. The second kappa shape index (κ2) is 6.12. The predicted molar refractivity (Wildman–Crippen MR) is 76.6 cm³/mol. The fourth-order valence-corrected chi connectivity index (χ4v) is 2.80. The second-order valence-corrected chi connectivity index (χ2v) is 5.35. The van der Waals surface area contributed by atoms with E-state index in [1.165, 1.54) is 5.57 Å². The van der Waals surface area contributed by atoms with Crippen LogP contribution in [0.25, 0.3) is 0 Å². The number of ether oxygens (including phenoxy) is 1. The van der Waals surface area contributed by atoms with Gasteiger partial charge in [0.05, 0.1) is 7.11 Å². The number of hydrogen-bond donors (Lipinski definition) is 1. The highest BCUT2D eigenvalue weighted by molar-refractivity contribution is 8.05. The van der Waals surface area contributed by atoms with E-state index in [0.29, 0.717) is 0 Å². The Morgan fingerprint density at radius 1 is 1.39 bits per heavy atom. The van der Waals surface area contributed by atoms with Crippen LogP contribution in [0.1, 0.15) is 31.4 Å². The molecule has 0 fully saturated rings. The minimum absolute atomic E-state index is 0.563. The molecule has 0 saturated heterocycles. The molecular formula is C15H18O2S. The summed E-state index contributed by atoms with van der Waals surface area (Å²) in [5.74, 6) is 0.775. The van der Waals surface area contributed by atoms with E-state index >= 15 is 0 Å². The first-order chi connectivity index (χ1) is 8.70. The highest BCUT2D eigenvalue weighted by atomic mass is 32.2. The fourth-order valence-electron chi connectivity index (χ4n) is 1.87. The smallest absolute Gasteiger partial charge is 0.119 e. The topological polar surface area (TPSA) is 29.5 Å². The highest BCUT2D eigenvalue weighted by Gasteiger charge is 2.15. The minimum atomic E-state index is -0.563. The number of methoxy groups -OCH3 is 1. The number of thioether (sulfide) groups is 1. The Hall–Kier alpha value is -1.19. The number of allylic oxidation sites excluding steroid dienone is 2. The average molecular weight is 262 g/mol. The van der Waals surface area contributed by atoms with Crippen LogP contribution in [-0.4, -0.2) is 12.2 Å². The molecule has 1 aliphatic rings. The van der Waals surface area contributed by atoms with E-state index in [0.717, 1.165) is 29.1 Å². The van der Waals surface area contributed by atoms with Gasteiger partial charge in [-0.25, -0.2) is 0 Å². The molecule has 1 atom stereocenters. The first kappa shape index (κ1) is 13.2. The Bertz CT molecular complexity index is 477. The lowest BCUT2D eigenvalue weighted by molar-refractivity contribution is 0.224. The van der Waals surface area contributed by atoms with Crippen LogP contribution in [0.3, 0.4) is 0 Å². The van der Waals surface area contributed by atoms with Crippen molar-refractivity contribution in [2.45, 2.75) is 25.9 Å². The molecule has 1 aromatic carbocycles. The molecule has 1 aliphatic heterocycles. The molecule has 1 N–H and O–H groups in total. The van der Waals surface area contributed by atoms with Crippen molar-refractivity contribution in [2.75, 3.05) is 7.11 Å². The second-order valence-electron chi connectivity index (χ2n) is 4.41. The Labute approximate surface area is 112 Å². The number of aliphatic hydroxyl groups is 1. The maximum atomic E-state index is 10.4. The molecule has 3 heteroatoms.